The molecule has 7 heteroatoms. The molecule has 0 spiro atoms. The Balaban J connectivity index is 1.81. The van der Waals surface area contributed by atoms with E-state index in [4.69, 9.17) is 4.74 Å². The highest BCUT2D eigenvalue weighted by molar-refractivity contribution is 6.01. The minimum atomic E-state index is -0.556. The van der Waals surface area contributed by atoms with Gasteiger partial charge in [-0.25, -0.2) is 4.39 Å². The second-order valence-electron chi connectivity index (χ2n) is 8.18. The smallest absolute Gasteiger partial charge is 0.254 e. The number of methoxy groups -OCH3 is 1. The van der Waals surface area contributed by atoms with Crippen LogP contribution in [0, 0.1) is 5.82 Å². The fraction of sp³-hybridized carbons (Fsp3) is 0.417. The molecule has 2 aliphatic rings. The average Bonchev–Trinajstić information content (AvgIpc) is 2.79. The minimum absolute atomic E-state index is 0.00444. The minimum Gasteiger partial charge on any atom is -0.383 e. The van der Waals surface area contributed by atoms with Crippen LogP contribution in [-0.2, 0) is 9.53 Å². The number of rotatable bonds is 5. The number of benzene rings is 2. The first-order valence-electron chi connectivity index (χ1n) is 10.6. The van der Waals surface area contributed by atoms with Gasteiger partial charge < -0.3 is 19.4 Å². The molecule has 1 fully saturated rings. The quantitative estimate of drug-likeness (QED) is 0.739. The highest BCUT2D eigenvalue weighted by atomic mass is 19.1. The summed E-state index contributed by atoms with van der Waals surface area (Å²) in [6.45, 7) is 3.62. The number of ether oxygens (including phenoxy) is 1. The molecular formula is C24H28FN3O3. The van der Waals surface area contributed by atoms with E-state index in [0.29, 0.717) is 31.8 Å². The van der Waals surface area contributed by atoms with Crippen molar-refractivity contribution in [2.75, 3.05) is 53.5 Å². The molecule has 0 N–H and O–H groups in total. The van der Waals surface area contributed by atoms with E-state index >= 15 is 0 Å². The van der Waals surface area contributed by atoms with Crippen molar-refractivity contribution in [1.82, 2.24) is 14.7 Å². The van der Waals surface area contributed by atoms with Gasteiger partial charge in [0.25, 0.3) is 5.91 Å². The van der Waals surface area contributed by atoms with Gasteiger partial charge in [0.1, 0.15) is 5.82 Å². The molecule has 2 aromatic rings. The van der Waals surface area contributed by atoms with E-state index in [2.05, 4.69) is 4.90 Å². The number of hydrogen-bond donors (Lipinski definition) is 0. The van der Waals surface area contributed by atoms with Gasteiger partial charge in [-0.3, -0.25) is 9.59 Å². The summed E-state index contributed by atoms with van der Waals surface area (Å²) < 4.78 is 18.9. The average molecular weight is 426 g/mol. The van der Waals surface area contributed by atoms with E-state index in [0.717, 1.165) is 24.2 Å². The number of fused-ring (bicyclic) bond motifs is 1. The van der Waals surface area contributed by atoms with Crippen LogP contribution >= 0.6 is 0 Å². The predicted octanol–water partition coefficient (Wildman–Crippen LogP) is 2.53. The normalized spacial score (nSPS) is 21.8. The Morgan fingerprint density at radius 3 is 2.42 bits per heavy atom. The first kappa shape index (κ1) is 21.5. The molecule has 164 valence electrons. The van der Waals surface area contributed by atoms with Crippen molar-refractivity contribution in [3.8, 4) is 0 Å². The van der Waals surface area contributed by atoms with E-state index in [-0.39, 0.29) is 17.6 Å². The largest absolute Gasteiger partial charge is 0.383 e. The van der Waals surface area contributed by atoms with Gasteiger partial charge in [-0.1, -0.05) is 30.3 Å². The molecule has 0 bridgehead atoms. The molecule has 0 radical (unpaired) electrons. The summed E-state index contributed by atoms with van der Waals surface area (Å²) in [5, 5.41) is 0. The number of hydrogen-bond acceptors (Lipinski definition) is 4. The number of piperazine rings is 1. The fourth-order valence-corrected chi connectivity index (χ4v) is 4.55. The monoisotopic (exact) mass is 425 g/mol. The third-order valence-corrected chi connectivity index (χ3v) is 6.27. The Kier molecular flexibility index (Phi) is 6.34. The van der Waals surface area contributed by atoms with Gasteiger partial charge in [0.15, 0.2) is 0 Å². The molecule has 31 heavy (non-hydrogen) atoms. The highest BCUT2D eigenvalue weighted by Gasteiger charge is 2.45. The predicted molar refractivity (Wildman–Crippen MR) is 115 cm³/mol. The first-order valence-corrected chi connectivity index (χ1v) is 10.6. The molecule has 0 saturated carbocycles. The van der Waals surface area contributed by atoms with Gasteiger partial charge in [-0.2, -0.15) is 0 Å². The van der Waals surface area contributed by atoms with E-state index in [1.54, 1.807) is 30.2 Å². The topological polar surface area (TPSA) is 53.1 Å². The Hall–Kier alpha value is -2.77. The Bertz CT molecular complexity index is 941. The van der Waals surface area contributed by atoms with E-state index in [9.17, 15) is 14.0 Å². The van der Waals surface area contributed by atoms with Crippen LogP contribution in [0.15, 0.2) is 48.5 Å². The van der Waals surface area contributed by atoms with Gasteiger partial charge in [0.05, 0.1) is 18.6 Å². The zero-order chi connectivity index (χ0) is 22.0. The van der Waals surface area contributed by atoms with E-state index in [1.807, 2.05) is 30.1 Å². The second kappa shape index (κ2) is 9.16. The summed E-state index contributed by atoms with van der Waals surface area (Å²) in [6.07, 6.45) is 0. The Labute approximate surface area is 182 Å². The lowest BCUT2D eigenvalue weighted by molar-refractivity contribution is -0.136. The van der Waals surface area contributed by atoms with Crippen molar-refractivity contribution < 1.29 is 18.7 Å². The van der Waals surface area contributed by atoms with Crippen molar-refractivity contribution in [3.63, 3.8) is 0 Å². The molecule has 2 aliphatic heterocycles. The van der Waals surface area contributed by atoms with Crippen LogP contribution in [0.4, 0.5) is 4.39 Å². The van der Waals surface area contributed by atoms with E-state index < -0.39 is 12.0 Å². The number of nitrogens with zero attached hydrogens (tertiary/aromatic N) is 3. The third kappa shape index (κ3) is 4.20. The molecule has 2 heterocycles. The van der Waals surface area contributed by atoms with Crippen LogP contribution in [-0.4, -0.2) is 80.0 Å². The lowest BCUT2D eigenvalue weighted by Crippen LogP contribution is -2.53. The van der Waals surface area contributed by atoms with Crippen LogP contribution in [0.25, 0.3) is 0 Å². The number of carbonyl (C=O) groups excluding carboxylic acids is 2. The molecule has 2 unspecified atom stereocenters. The SMILES string of the molecule is COCCN1C(=O)c2ccccc2C(C(=O)N2CCN(C)CC2)C1c1ccc(F)cc1. The van der Waals surface area contributed by atoms with Crippen LogP contribution < -0.4 is 0 Å². The van der Waals surface area contributed by atoms with Crippen LogP contribution in [0.1, 0.15) is 33.4 Å². The Morgan fingerprint density at radius 1 is 1.06 bits per heavy atom. The molecule has 0 aliphatic carbocycles. The maximum absolute atomic E-state index is 13.9. The molecule has 6 nitrogen and oxygen atoms in total. The summed E-state index contributed by atoms with van der Waals surface area (Å²) in [7, 11) is 3.63. The number of amides is 2. The Morgan fingerprint density at radius 2 is 1.74 bits per heavy atom. The zero-order valence-corrected chi connectivity index (χ0v) is 18.0. The molecule has 0 aromatic heterocycles. The van der Waals surface area contributed by atoms with Crippen molar-refractivity contribution in [2.24, 2.45) is 0 Å². The van der Waals surface area contributed by atoms with Crippen LogP contribution in [0.2, 0.25) is 0 Å². The van der Waals surface area contributed by atoms with Gasteiger partial charge in [-0.05, 0) is 36.4 Å². The lowest BCUT2D eigenvalue weighted by atomic mass is 9.78. The second-order valence-corrected chi connectivity index (χ2v) is 8.18. The van der Waals surface area contributed by atoms with Gasteiger partial charge in [0, 0.05) is 45.4 Å². The summed E-state index contributed by atoms with van der Waals surface area (Å²) in [5.74, 6) is -1.04. The summed E-state index contributed by atoms with van der Waals surface area (Å²) >= 11 is 0. The maximum Gasteiger partial charge on any atom is 0.254 e. The van der Waals surface area contributed by atoms with Gasteiger partial charge >= 0.3 is 0 Å². The van der Waals surface area contributed by atoms with Crippen molar-refractivity contribution in [2.45, 2.75) is 12.0 Å². The third-order valence-electron chi connectivity index (χ3n) is 6.27. The van der Waals surface area contributed by atoms with Gasteiger partial charge in [0.2, 0.25) is 5.91 Å². The summed E-state index contributed by atoms with van der Waals surface area (Å²) in [5.41, 5.74) is 2.02. The standard InChI is InChI=1S/C24H28FN3O3/c1-26-11-13-27(14-12-26)24(30)21-19-5-3-4-6-20(19)23(29)28(15-16-31-2)22(21)17-7-9-18(25)10-8-17/h3-10,21-22H,11-16H2,1-2H3. The molecule has 1 saturated heterocycles. The maximum atomic E-state index is 13.9. The molecule has 4 rings (SSSR count). The summed E-state index contributed by atoms with van der Waals surface area (Å²) in [6, 6.07) is 12.9. The highest BCUT2D eigenvalue weighted by Crippen LogP contribution is 2.43. The lowest BCUT2D eigenvalue weighted by Gasteiger charge is -2.44. The van der Waals surface area contributed by atoms with Crippen molar-refractivity contribution in [3.05, 3.63) is 71.0 Å². The molecule has 2 amide bonds. The van der Waals surface area contributed by atoms with Crippen LogP contribution in [0.5, 0.6) is 0 Å². The van der Waals surface area contributed by atoms with Crippen molar-refractivity contribution >= 4 is 11.8 Å². The van der Waals surface area contributed by atoms with Gasteiger partial charge in [-0.15, -0.1) is 0 Å². The first-order chi connectivity index (χ1) is 15.0. The zero-order valence-electron chi connectivity index (χ0n) is 18.0. The fourth-order valence-electron chi connectivity index (χ4n) is 4.55. The number of carbonyl (C=O) groups is 2. The molecule has 2 aromatic carbocycles. The molecule has 2 atom stereocenters. The van der Waals surface area contributed by atoms with E-state index in [1.165, 1.54) is 12.1 Å². The van der Waals surface area contributed by atoms with Crippen LogP contribution in [0.3, 0.4) is 0 Å². The molecular weight excluding hydrogens is 397 g/mol. The number of halogens is 1. The van der Waals surface area contributed by atoms with Crippen molar-refractivity contribution in [1.29, 1.82) is 0 Å². The summed E-state index contributed by atoms with van der Waals surface area (Å²) in [4.78, 5) is 33.1. The number of likely N-dealkylation sites (N-methyl/N-ethyl adjacent to an activating group) is 1.